The van der Waals surface area contributed by atoms with Gasteiger partial charge in [-0.15, -0.1) is 11.3 Å². The van der Waals surface area contributed by atoms with Crippen molar-refractivity contribution in [1.82, 2.24) is 10.3 Å². The topological polar surface area (TPSA) is 71.2 Å². The number of aromatic amines is 1. The van der Waals surface area contributed by atoms with Gasteiger partial charge in [0.1, 0.15) is 5.75 Å². The number of methoxy groups -OCH3 is 1. The van der Waals surface area contributed by atoms with Crippen LogP contribution in [0.4, 0.5) is 0 Å². The summed E-state index contributed by atoms with van der Waals surface area (Å²) < 4.78 is 5.97. The fourth-order valence-electron chi connectivity index (χ4n) is 3.03. The molecule has 0 saturated heterocycles. The van der Waals surface area contributed by atoms with Crippen LogP contribution in [0.1, 0.15) is 20.8 Å². The van der Waals surface area contributed by atoms with Crippen LogP contribution in [0.5, 0.6) is 5.75 Å². The Hall–Kier alpha value is -3.12. The average molecular weight is 378 g/mol. The highest BCUT2D eigenvalue weighted by molar-refractivity contribution is 7.21. The van der Waals surface area contributed by atoms with E-state index in [4.69, 9.17) is 4.74 Å². The highest BCUT2D eigenvalue weighted by Crippen LogP contribution is 2.30. The van der Waals surface area contributed by atoms with Crippen molar-refractivity contribution in [2.45, 2.75) is 13.5 Å². The first kappa shape index (κ1) is 17.3. The monoisotopic (exact) mass is 378 g/mol. The number of aryl methyl sites for hydroxylation is 1. The molecule has 4 aromatic rings. The number of ether oxygens (including phenoxy) is 1. The Kier molecular flexibility index (Phi) is 4.41. The molecule has 27 heavy (non-hydrogen) atoms. The Balaban J connectivity index is 1.63. The van der Waals surface area contributed by atoms with Gasteiger partial charge in [0.05, 0.1) is 17.4 Å². The molecular weight excluding hydrogens is 360 g/mol. The maximum Gasteiger partial charge on any atom is 0.261 e. The Morgan fingerprint density at radius 1 is 1.11 bits per heavy atom. The number of pyridine rings is 1. The van der Waals surface area contributed by atoms with E-state index in [-0.39, 0.29) is 11.5 Å². The molecule has 0 fully saturated rings. The number of hydrogen-bond donors (Lipinski definition) is 2. The number of thiophene rings is 1. The van der Waals surface area contributed by atoms with E-state index in [9.17, 15) is 9.59 Å². The molecular formula is C21H18N2O3S. The molecule has 0 aliphatic heterocycles. The lowest BCUT2D eigenvalue weighted by Gasteiger charge is -2.05. The minimum Gasteiger partial charge on any atom is -0.497 e. The first-order valence-electron chi connectivity index (χ1n) is 8.52. The van der Waals surface area contributed by atoms with Crippen LogP contribution in [-0.4, -0.2) is 18.0 Å². The van der Waals surface area contributed by atoms with Crippen molar-refractivity contribution in [3.8, 4) is 5.75 Å². The molecule has 6 heteroatoms. The number of fused-ring (bicyclic) bond motifs is 3. The number of carbonyl (C=O) groups excluding carboxylic acids is 1. The van der Waals surface area contributed by atoms with Crippen molar-refractivity contribution < 1.29 is 9.53 Å². The predicted molar refractivity (Wildman–Crippen MR) is 109 cm³/mol. The lowest BCUT2D eigenvalue weighted by molar-refractivity contribution is 0.0955. The van der Waals surface area contributed by atoms with Crippen LogP contribution in [0, 0.1) is 6.92 Å². The van der Waals surface area contributed by atoms with E-state index >= 15 is 0 Å². The molecule has 2 aromatic carbocycles. The van der Waals surface area contributed by atoms with Gasteiger partial charge in [-0.2, -0.15) is 0 Å². The Morgan fingerprint density at radius 3 is 2.63 bits per heavy atom. The third-order valence-corrected chi connectivity index (χ3v) is 5.65. The van der Waals surface area contributed by atoms with Crippen LogP contribution in [0.15, 0.2) is 53.3 Å². The van der Waals surface area contributed by atoms with E-state index in [2.05, 4.69) is 10.3 Å². The lowest BCUT2D eigenvalue weighted by atomic mass is 10.1. The summed E-state index contributed by atoms with van der Waals surface area (Å²) in [5.74, 6) is 0.586. The van der Waals surface area contributed by atoms with Crippen LogP contribution < -0.4 is 15.6 Å². The summed E-state index contributed by atoms with van der Waals surface area (Å²) in [6, 6.07) is 15.1. The van der Waals surface area contributed by atoms with Crippen molar-refractivity contribution in [1.29, 1.82) is 0 Å². The number of hydrogen-bond acceptors (Lipinski definition) is 4. The van der Waals surface area contributed by atoms with E-state index in [0.29, 0.717) is 16.8 Å². The van der Waals surface area contributed by atoms with Gasteiger partial charge in [-0.3, -0.25) is 9.59 Å². The number of nitrogens with one attached hydrogen (secondary N) is 2. The summed E-state index contributed by atoms with van der Waals surface area (Å²) in [7, 11) is 1.62. The van der Waals surface area contributed by atoms with Gasteiger partial charge in [-0.25, -0.2) is 0 Å². The normalized spacial score (nSPS) is 11.0. The summed E-state index contributed by atoms with van der Waals surface area (Å²) in [5.41, 5.74) is 2.69. The third kappa shape index (κ3) is 3.31. The Labute approximate surface area is 159 Å². The fraction of sp³-hybridized carbons (Fsp3) is 0.143. The first-order valence-corrected chi connectivity index (χ1v) is 9.34. The summed E-state index contributed by atoms with van der Waals surface area (Å²) in [6.07, 6.45) is 0. The van der Waals surface area contributed by atoms with Crippen LogP contribution in [0.3, 0.4) is 0 Å². The van der Waals surface area contributed by atoms with Crippen molar-refractivity contribution in [3.05, 3.63) is 74.9 Å². The van der Waals surface area contributed by atoms with E-state index in [1.807, 2.05) is 49.4 Å². The minimum atomic E-state index is -0.188. The number of carbonyl (C=O) groups is 1. The quantitative estimate of drug-likeness (QED) is 0.564. The van der Waals surface area contributed by atoms with E-state index in [1.54, 1.807) is 13.2 Å². The van der Waals surface area contributed by atoms with Crippen molar-refractivity contribution in [3.63, 3.8) is 0 Å². The van der Waals surface area contributed by atoms with Crippen LogP contribution >= 0.6 is 11.3 Å². The Bertz CT molecular complexity index is 1210. The second kappa shape index (κ2) is 6.89. The molecule has 0 aliphatic rings. The second-order valence-corrected chi connectivity index (χ2v) is 7.44. The molecule has 2 N–H and O–H groups in total. The first-order chi connectivity index (χ1) is 13.0. The van der Waals surface area contributed by atoms with Gasteiger partial charge in [0.15, 0.2) is 0 Å². The molecule has 5 nitrogen and oxygen atoms in total. The summed E-state index contributed by atoms with van der Waals surface area (Å²) in [5, 5.41) is 4.42. The van der Waals surface area contributed by atoms with Gasteiger partial charge in [0.25, 0.3) is 11.5 Å². The molecule has 0 atom stereocenters. The van der Waals surface area contributed by atoms with Gasteiger partial charge < -0.3 is 15.0 Å². The van der Waals surface area contributed by atoms with Gasteiger partial charge in [-0.1, -0.05) is 23.8 Å². The minimum absolute atomic E-state index is 0.174. The molecule has 2 heterocycles. The molecule has 4 rings (SSSR count). The molecule has 0 saturated carbocycles. The molecule has 136 valence electrons. The highest BCUT2D eigenvalue weighted by atomic mass is 32.1. The molecule has 1 amide bonds. The largest absolute Gasteiger partial charge is 0.497 e. The third-order valence-electron chi connectivity index (χ3n) is 4.48. The Morgan fingerprint density at radius 2 is 1.89 bits per heavy atom. The molecule has 2 aromatic heterocycles. The summed E-state index contributed by atoms with van der Waals surface area (Å²) >= 11 is 1.35. The van der Waals surface area contributed by atoms with Crippen molar-refractivity contribution >= 4 is 38.2 Å². The van der Waals surface area contributed by atoms with Gasteiger partial charge in [0.2, 0.25) is 0 Å². The van der Waals surface area contributed by atoms with Crippen LogP contribution in [0.2, 0.25) is 0 Å². The van der Waals surface area contributed by atoms with Gasteiger partial charge in [0, 0.05) is 22.1 Å². The predicted octanol–water partition coefficient (Wildman–Crippen LogP) is 3.99. The number of amides is 1. The zero-order valence-electron chi connectivity index (χ0n) is 15.0. The summed E-state index contributed by atoms with van der Waals surface area (Å²) in [4.78, 5) is 28.4. The number of aromatic nitrogens is 1. The molecule has 0 unspecified atom stereocenters. The number of rotatable bonds is 4. The lowest BCUT2D eigenvalue weighted by Crippen LogP contribution is -2.21. The van der Waals surface area contributed by atoms with E-state index in [1.165, 1.54) is 11.3 Å². The van der Waals surface area contributed by atoms with Crippen LogP contribution in [0.25, 0.3) is 21.0 Å². The maximum absolute atomic E-state index is 12.6. The van der Waals surface area contributed by atoms with Crippen LogP contribution in [-0.2, 0) is 6.54 Å². The standard InChI is InChI=1S/C21H18N2O3S/c1-12-3-8-17-15(9-12)19-16(20(24)23-17)10-18(27-19)21(25)22-11-13-4-6-14(26-2)7-5-13/h3-10H,11H2,1-2H3,(H,22,25)(H,23,24). The maximum atomic E-state index is 12.6. The zero-order valence-corrected chi connectivity index (χ0v) is 15.8. The van der Waals surface area contributed by atoms with Crippen molar-refractivity contribution in [2.75, 3.05) is 7.11 Å². The molecule has 0 bridgehead atoms. The number of benzene rings is 2. The summed E-state index contributed by atoms with van der Waals surface area (Å²) in [6.45, 7) is 2.42. The van der Waals surface area contributed by atoms with Gasteiger partial charge in [-0.05, 0) is 42.8 Å². The average Bonchev–Trinajstić information content (AvgIpc) is 3.14. The van der Waals surface area contributed by atoms with Gasteiger partial charge >= 0.3 is 0 Å². The SMILES string of the molecule is COc1ccc(CNC(=O)c2cc3c(=O)[nH]c4ccc(C)cc4c3s2)cc1. The molecule has 0 aliphatic carbocycles. The van der Waals surface area contributed by atoms with Crippen molar-refractivity contribution in [2.24, 2.45) is 0 Å². The molecule has 0 spiro atoms. The second-order valence-electron chi connectivity index (χ2n) is 6.39. The zero-order chi connectivity index (χ0) is 19.0. The molecule has 0 radical (unpaired) electrons. The van der Waals surface area contributed by atoms with E-state index < -0.39 is 0 Å². The van der Waals surface area contributed by atoms with E-state index in [0.717, 1.165) is 32.5 Å². The highest BCUT2D eigenvalue weighted by Gasteiger charge is 2.14. The smallest absolute Gasteiger partial charge is 0.261 e. The fourth-order valence-corrected chi connectivity index (χ4v) is 4.13. The number of H-pyrrole nitrogens is 1.